The van der Waals surface area contributed by atoms with E-state index in [-0.39, 0.29) is 28.7 Å². The summed E-state index contributed by atoms with van der Waals surface area (Å²) in [5.41, 5.74) is 2.21. The Morgan fingerprint density at radius 2 is 1.83 bits per heavy atom. The second-order valence-electron chi connectivity index (χ2n) is 10.6. The number of rotatable bonds is 2. The molecule has 4 aliphatic rings. The molecule has 1 aromatic carbocycles. The van der Waals surface area contributed by atoms with Crippen molar-refractivity contribution in [1.29, 1.82) is 0 Å². The van der Waals surface area contributed by atoms with Crippen LogP contribution in [0.25, 0.3) is 0 Å². The number of hydrogen-bond acceptors (Lipinski definition) is 2. The van der Waals surface area contributed by atoms with E-state index < -0.39 is 0 Å². The zero-order valence-electron chi connectivity index (χ0n) is 17.9. The molecule has 1 amide bonds. The molecule has 0 saturated heterocycles. The number of nitrogens with one attached hydrogen (secondary N) is 1. The van der Waals surface area contributed by atoms with Gasteiger partial charge in [0.1, 0.15) is 0 Å². The van der Waals surface area contributed by atoms with Crippen LogP contribution in [-0.2, 0) is 4.79 Å². The molecule has 5 rings (SSSR count). The predicted octanol–water partition coefficient (Wildman–Crippen LogP) is 5.09. The average Bonchev–Trinajstić information content (AvgIpc) is 3.05. The highest BCUT2D eigenvalue weighted by molar-refractivity contribution is 5.99. The van der Waals surface area contributed by atoms with Crippen molar-refractivity contribution < 1.29 is 9.59 Å². The van der Waals surface area contributed by atoms with Crippen LogP contribution >= 0.6 is 0 Å². The topological polar surface area (TPSA) is 46.2 Å². The van der Waals surface area contributed by atoms with Gasteiger partial charge in [-0.25, -0.2) is 0 Å². The largest absolute Gasteiger partial charge is 0.349 e. The molecule has 154 valence electrons. The lowest BCUT2D eigenvalue weighted by Gasteiger charge is -2.58. The molecule has 0 radical (unpaired) electrons. The van der Waals surface area contributed by atoms with Crippen molar-refractivity contribution in [2.24, 2.45) is 34.5 Å². The van der Waals surface area contributed by atoms with Crippen LogP contribution in [0.4, 0.5) is 0 Å². The van der Waals surface area contributed by atoms with Crippen LogP contribution in [-0.4, -0.2) is 17.7 Å². The molecule has 1 N–H and O–H groups in total. The Kier molecular flexibility index (Phi) is 4.31. The van der Waals surface area contributed by atoms with Crippen molar-refractivity contribution in [3.8, 4) is 0 Å². The maximum absolute atomic E-state index is 13.6. The molecular weight excluding hydrogens is 358 g/mol. The molecule has 7 atom stereocenters. The highest BCUT2D eigenvalue weighted by atomic mass is 16.1. The van der Waals surface area contributed by atoms with Gasteiger partial charge in [-0.3, -0.25) is 9.59 Å². The lowest BCUT2D eigenvalue weighted by Crippen LogP contribution is -2.59. The van der Waals surface area contributed by atoms with E-state index >= 15 is 0 Å². The molecule has 0 spiro atoms. The number of amides is 1. The van der Waals surface area contributed by atoms with Gasteiger partial charge in [-0.05, 0) is 80.3 Å². The lowest BCUT2D eigenvalue weighted by atomic mass is 9.47. The number of Topliss-reactive ketones (excluding diaryl/α,β-unsaturated/α-hetero) is 1. The quantitative estimate of drug-likeness (QED) is 0.714. The van der Waals surface area contributed by atoms with E-state index in [9.17, 15) is 9.59 Å². The number of fused-ring (bicyclic) bond motifs is 5. The van der Waals surface area contributed by atoms with Crippen LogP contribution in [0.1, 0.15) is 68.3 Å². The van der Waals surface area contributed by atoms with Gasteiger partial charge < -0.3 is 5.32 Å². The summed E-state index contributed by atoms with van der Waals surface area (Å²) in [6.07, 6.45) is 10.7. The van der Waals surface area contributed by atoms with E-state index in [2.05, 4.69) is 38.2 Å². The van der Waals surface area contributed by atoms with Crippen LogP contribution in [0, 0.1) is 41.4 Å². The van der Waals surface area contributed by atoms with Gasteiger partial charge in [0.25, 0.3) is 0 Å². The molecule has 2 unspecified atom stereocenters. The first-order valence-corrected chi connectivity index (χ1v) is 11.4. The molecule has 29 heavy (non-hydrogen) atoms. The minimum atomic E-state index is 0.0657. The highest BCUT2D eigenvalue weighted by Gasteiger charge is 2.60. The van der Waals surface area contributed by atoms with Crippen molar-refractivity contribution in [3.05, 3.63) is 47.5 Å². The number of hydrogen-bond donors (Lipinski definition) is 1. The smallest absolute Gasteiger partial charge is 0.243 e. The molecular formula is C26H33NO2. The summed E-state index contributed by atoms with van der Waals surface area (Å²) >= 11 is 0. The second kappa shape index (κ2) is 6.55. The molecule has 3 nitrogen and oxygen atoms in total. The molecule has 1 heterocycles. The minimum Gasteiger partial charge on any atom is -0.349 e. The normalized spacial score (nSPS) is 43.1. The zero-order chi connectivity index (χ0) is 20.4. The number of benzene rings is 1. The van der Waals surface area contributed by atoms with Crippen LogP contribution in [0.5, 0.6) is 0 Å². The second-order valence-corrected chi connectivity index (χ2v) is 10.6. The third kappa shape index (κ3) is 2.69. The van der Waals surface area contributed by atoms with Crippen molar-refractivity contribution in [1.82, 2.24) is 5.32 Å². The van der Waals surface area contributed by atoms with Gasteiger partial charge in [0.05, 0.1) is 0 Å². The molecule has 3 fully saturated rings. The predicted molar refractivity (Wildman–Crippen MR) is 114 cm³/mol. The fraction of sp³-hybridized carbons (Fsp3) is 0.615. The van der Waals surface area contributed by atoms with Crippen molar-refractivity contribution in [3.63, 3.8) is 0 Å². The summed E-state index contributed by atoms with van der Waals surface area (Å²) in [5.74, 6) is 2.50. The first kappa shape index (κ1) is 19.1. The standard InChI is InChI=1S/C26H33NO2/c1-16-6-4-5-7-17(16)24(29)21-10-9-19-18-8-11-22-26(3,15-13-23(28)27-22)20(18)12-14-25(19,21)2/h4-7,13,15,18-22H,8-12,14H2,1-3H3,(H,27,28)/t18-,19-,20+,21?,22?,25-,26+/m0/s1. The Balaban J connectivity index is 1.44. The van der Waals surface area contributed by atoms with Crippen LogP contribution in [0.15, 0.2) is 36.4 Å². The van der Waals surface area contributed by atoms with Gasteiger partial charge in [-0.1, -0.05) is 44.2 Å². The lowest BCUT2D eigenvalue weighted by molar-refractivity contribution is -0.122. The Morgan fingerprint density at radius 1 is 1.03 bits per heavy atom. The number of ketones is 1. The molecule has 1 aliphatic heterocycles. The summed E-state index contributed by atoms with van der Waals surface area (Å²) < 4.78 is 0. The number of aryl methyl sites for hydroxylation is 1. The van der Waals surface area contributed by atoms with E-state index in [1.54, 1.807) is 6.08 Å². The monoisotopic (exact) mass is 391 g/mol. The Morgan fingerprint density at radius 3 is 2.62 bits per heavy atom. The zero-order valence-corrected chi connectivity index (χ0v) is 17.9. The van der Waals surface area contributed by atoms with Crippen LogP contribution < -0.4 is 5.32 Å². The van der Waals surface area contributed by atoms with E-state index in [0.717, 1.165) is 30.4 Å². The van der Waals surface area contributed by atoms with Gasteiger partial charge in [-0.2, -0.15) is 0 Å². The van der Waals surface area contributed by atoms with Gasteiger partial charge in [-0.15, -0.1) is 0 Å². The first-order chi connectivity index (χ1) is 13.8. The minimum absolute atomic E-state index is 0.0657. The van der Waals surface area contributed by atoms with Gasteiger partial charge in [0, 0.05) is 22.9 Å². The number of carbonyl (C=O) groups is 2. The SMILES string of the molecule is Cc1ccccc1C(=O)C1CC[C@H]2[C@@H]3CCC4NC(=O)C=C[C@]4(C)[C@@H]3CC[C@]12C. The van der Waals surface area contributed by atoms with E-state index in [4.69, 9.17) is 0 Å². The summed E-state index contributed by atoms with van der Waals surface area (Å²) in [7, 11) is 0. The summed E-state index contributed by atoms with van der Waals surface area (Å²) in [5, 5.41) is 3.24. The third-order valence-electron chi connectivity index (χ3n) is 9.41. The average molecular weight is 392 g/mol. The molecule has 0 bridgehead atoms. The maximum Gasteiger partial charge on any atom is 0.243 e. The van der Waals surface area contributed by atoms with Gasteiger partial charge in [0.15, 0.2) is 5.78 Å². The number of carbonyl (C=O) groups excluding carboxylic acids is 2. The maximum atomic E-state index is 13.6. The third-order valence-corrected chi connectivity index (χ3v) is 9.41. The molecule has 3 aliphatic carbocycles. The first-order valence-electron chi connectivity index (χ1n) is 11.4. The van der Waals surface area contributed by atoms with Crippen molar-refractivity contribution in [2.75, 3.05) is 0 Å². The van der Waals surface area contributed by atoms with E-state index in [0.29, 0.717) is 23.5 Å². The Hall–Kier alpha value is -1.90. The molecule has 3 saturated carbocycles. The summed E-state index contributed by atoms with van der Waals surface area (Å²) in [6, 6.07) is 8.37. The van der Waals surface area contributed by atoms with Crippen LogP contribution in [0.2, 0.25) is 0 Å². The van der Waals surface area contributed by atoms with Crippen molar-refractivity contribution >= 4 is 11.7 Å². The van der Waals surface area contributed by atoms with E-state index in [1.165, 1.54) is 19.3 Å². The summed E-state index contributed by atoms with van der Waals surface area (Å²) in [4.78, 5) is 25.5. The molecule has 1 aromatic rings. The van der Waals surface area contributed by atoms with Gasteiger partial charge >= 0.3 is 0 Å². The fourth-order valence-corrected chi connectivity index (χ4v) is 7.80. The van der Waals surface area contributed by atoms with E-state index in [1.807, 2.05) is 18.2 Å². The van der Waals surface area contributed by atoms with Crippen LogP contribution in [0.3, 0.4) is 0 Å². The summed E-state index contributed by atoms with van der Waals surface area (Å²) in [6.45, 7) is 6.83. The van der Waals surface area contributed by atoms with Crippen molar-refractivity contribution in [2.45, 2.75) is 65.3 Å². The molecule has 0 aromatic heterocycles. The fourth-order valence-electron chi connectivity index (χ4n) is 7.80. The molecule has 3 heteroatoms. The highest BCUT2D eigenvalue weighted by Crippen LogP contribution is 2.65. The Bertz CT molecular complexity index is 888. The van der Waals surface area contributed by atoms with Gasteiger partial charge in [0.2, 0.25) is 5.91 Å². The Labute approximate surface area is 174 Å².